The van der Waals surface area contributed by atoms with Gasteiger partial charge in [0.25, 0.3) is 11.8 Å². The maximum atomic E-state index is 14.1. The number of nitrogens with zero attached hydrogens (tertiary/aromatic N) is 3. The maximum Gasteiger partial charge on any atom is 0.273 e. The van der Waals surface area contributed by atoms with Crippen molar-refractivity contribution in [3.05, 3.63) is 82.7 Å². The lowest BCUT2D eigenvalue weighted by Crippen LogP contribution is -2.45. The van der Waals surface area contributed by atoms with Crippen LogP contribution in [0, 0.1) is 5.82 Å². The van der Waals surface area contributed by atoms with Crippen molar-refractivity contribution in [2.75, 3.05) is 23.8 Å². The summed E-state index contributed by atoms with van der Waals surface area (Å²) in [5.41, 5.74) is 12.4. The van der Waals surface area contributed by atoms with Gasteiger partial charge >= 0.3 is 0 Å². The van der Waals surface area contributed by atoms with Crippen molar-refractivity contribution >= 4 is 51.5 Å². The Labute approximate surface area is 226 Å². The number of amides is 3. The smallest absolute Gasteiger partial charge is 0.273 e. The molecule has 39 heavy (non-hydrogen) atoms. The van der Waals surface area contributed by atoms with Crippen molar-refractivity contribution in [1.29, 1.82) is 0 Å². The number of nitrogens with one attached hydrogen (secondary N) is 1. The van der Waals surface area contributed by atoms with Crippen molar-refractivity contribution in [3.8, 4) is 0 Å². The monoisotopic (exact) mass is 548 g/mol. The Balaban J connectivity index is 1.63. The van der Waals surface area contributed by atoms with Gasteiger partial charge in [0.1, 0.15) is 16.7 Å². The number of nitrogens with two attached hydrogens (primary N) is 2. The van der Waals surface area contributed by atoms with Crippen LogP contribution in [-0.4, -0.2) is 46.3 Å². The van der Waals surface area contributed by atoms with E-state index < -0.39 is 29.6 Å². The predicted molar refractivity (Wildman–Crippen MR) is 145 cm³/mol. The Morgan fingerprint density at radius 1 is 1.18 bits per heavy atom. The topological polar surface area (TPSA) is 154 Å². The van der Waals surface area contributed by atoms with Crippen LogP contribution in [0.5, 0.6) is 0 Å². The minimum atomic E-state index is -1.20. The molecule has 5 rings (SSSR count). The standard InChI is InChI=1S/C27H25FN6O4S/c28-17-6-8-18(9-7-17)34(27(37)24-21(29)22(25(30)35)33-39-24)23(26(36)32-14-19-4-2-12-38-19)16-5-10-20-15(13-16)3-1-11-31-20/h1,3,5-11,13,19,23H,2,4,12,14,29H2,(H2,30,35)(H,32,36)/t19-,23+/m0/s1. The zero-order chi connectivity index (χ0) is 27.5. The van der Waals surface area contributed by atoms with Gasteiger partial charge in [0, 0.05) is 30.4 Å². The maximum absolute atomic E-state index is 14.1. The fourth-order valence-corrected chi connectivity index (χ4v) is 5.26. The van der Waals surface area contributed by atoms with Crippen LogP contribution in [0.3, 0.4) is 0 Å². The molecular weight excluding hydrogens is 523 g/mol. The molecule has 2 aromatic heterocycles. The van der Waals surface area contributed by atoms with Crippen molar-refractivity contribution in [2.45, 2.75) is 25.0 Å². The van der Waals surface area contributed by atoms with Crippen LogP contribution in [0.1, 0.15) is 44.6 Å². The molecule has 0 bridgehead atoms. The summed E-state index contributed by atoms with van der Waals surface area (Å²) < 4.78 is 23.5. The van der Waals surface area contributed by atoms with Gasteiger partial charge in [0.05, 0.1) is 17.3 Å². The number of rotatable bonds is 8. The van der Waals surface area contributed by atoms with E-state index in [0.717, 1.165) is 18.2 Å². The minimum Gasteiger partial charge on any atom is -0.395 e. The van der Waals surface area contributed by atoms with Gasteiger partial charge in [-0.1, -0.05) is 12.1 Å². The summed E-state index contributed by atoms with van der Waals surface area (Å²) >= 11 is 0.697. The van der Waals surface area contributed by atoms with E-state index in [-0.39, 0.29) is 34.6 Å². The Kier molecular flexibility index (Phi) is 7.48. The van der Waals surface area contributed by atoms with Crippen LogP contribution >= 0.6 is 11.5 Å². The molecule has 0 unspecified atom stereocenters. The highest BCUT2D eigenvalue weighted by atomic mass is 32.1. The van der Waals surface area contributed by atoms with E-state index in [0.29, 0.717) is 29.2 Å². The predicted octanol–water partition coefficient (Wildman–Crippen LogP) is 3.19. The molecule has 3 amide bonds. The molecular formula is C27H25FN6O4S. The second-order valence-electron chi connectivity index (χ2n) is 9.03. The zero-order valence-corrected chi connectivity index (χ0v) is 21.5. The molecule has 1 fully saturated rings. The Morgan fingerprint density at radius 3 is 2.67 bits per heavy atom. The fraction of sp³-hybridized carbons (Fsp3) is 0.222. The van der Waals surface area contributed by atoms with Gasteiger partial charge < -0.3 is 21.5 Å². The first kappa shape index (κ1) is 26.2. The summed E-state index contributed by atoms with van der Waals surface area (Å²) in [7, 11) is 0. The number of ether oxygens (including phenoxy) is 1. The van der Waals surface area contributed by atoms with Gasteiger partial charge in [0.15, 0.2) is 5.69 Å². The first-order valence-electron chi connectivity index (χ1n) is 12.2. The third kappa shape index (κ3) is 5.42. The van der Waals surface area contributed by atoms with Crippen LogP contribution in [0.4, 0.5) is 15.8 Å². The molecule has 2 aromatic carbocycles. The number of anilines is 2. The highest BCUT2D eigenvalue weighted by Crippen LogP contribution is 2.34. The van der Waals surface area contributed by atoms with E-state index in [1.165, 1.54) is 29.2 Å². The molecule has 1 aliphatic rings. The highest BCUT2D eigenvalue weighted by Gasteiger charge is 2.36. The van der Waals surface area contributed by atoms with Crippen molar-refractivity contribution in [2.24, 2.45) is 5.73 Å². The van der Waals surface area contributed by atoms with Crippen LogP contribution < -0.4 is 21.7 Å². The molecule has 0 spiro atoms. The number of carbonyl (C=O) groups is 3. The second kappa shape index (κ2) is 11.1. The van der Waals surface area contributed by atoms with Crippen molar-refractivity contribution < 1.29 is 23.5 Å². The molecule has 5 N–H and O–H groups in total. The molecule has 12 heteroatoms. The number of hydrogen-bond acceptors (Lipinski definition) is 8. The SMILES string of the molecule is NC(=O)c1nsc(C(=O)N(c2ccc(F)cc2)[C@@H](C(=O)NC[C@@H]2CCCO2)c2ccc3ncccc3c2)c1N. The van der Waals surface area contributed by atoms with Crippen molar-refractivity contribution in [3.63, 3.8) is 0 Å². The third-order valence-electron chi connectivity index (χ3n) is 6.46. The normalized spacial score (nSPS) is 15.7. The molecule has 2 atom stereocenters. The number of fused-ring (bicyclic) bond motifs is 1. The van der Waals surface area contributed by atoms with Gasteiger partial charge in [-0.25, -0.2) is 4.39 Å². The lowest BCUT2D eigenvalue weighted by molar-refractivity contribution is -0.123. The molecule has 200 valence electrons. The summed E-state index contributed by atoms with van der Waals surface area (Å²) in [4.78, 5) is 45.2. The lowest BCUT2D eigenvalue weighted by atomic mass is 10.00. The van der Waals surface area contributed by atoms with E-state index in [1.54, 1.807) is 30.5 Å². The largest absolute Gasteiger partial charge is 0.395 e. The zero-order valence-electron chi connectivity index (χ0n) is 20.7. The number of benzene rings is 2. The number of halogens is 1. The first-order valence-corrected chi connectivity index (χ1v) is 13.0. The first-order chi connectivity index (χ1) is 18.8. The van der Waals surface area contributed by atoms with Gasteiger partial charge in [0.2, 0.25) is 5.91 Å². The number of pyridine rings is 1. The number of primary amides is 1. The van der Waals surface area contributed by atoms with E-state index in [9.17, 15) is 18.8 Å². The molecule has 0 radical (unpaired) electrons. The molecule has 3 heterocycles. The molecule has 4 aromatic rings. The third-order valence-corrected chi connectivity index (χ3v) is 7.31. The number of carbonyl (C=O) groups excluding carboxylic acids is 3. The highest BCUT2D eigenvalue weighted by molar-refractivity contribution is 7.09. The lowest BCUT2D eigenvalue weighted by Gasteiger charge is -2.31. The van der Waals surface area contributed by atoms with Gasteiger partial charge in [-0.3, -0.25) is 24.3 Å². The minimum absolute atomic E-state index is 0.0764. The summed E-state index contributed by atoms with van der Waals surface area (Å²) in [5.74, 6) is -2.59. The number of aromatic nitrogens is 2. The molecule has 1 aliphatic heterocycles. The molecule has 10 nitrogen and oxygen atoms in total. The van der Waals surface area contributed by atoms with Crippen LogP contribution in [-0.2, 0) is 9.53 Å². The van der Waals surface area contributed by atoms with Gasteiger partial charge in [-0.05, 0) is 72.4 Å². The molecule has 1 saturated heterocycles. The summed E-state index contributed by atoms with van der Waals surface area (Å²) in [5, 5.41) is 3.67. The average Bonchev–Trinajstić information content (AvgIpc) is 3.60. The second-order valence-corrected chi connectivity index (χ2v) is 9.80. The van der Waals surface area contributed by atoms with Gasteiger partial charge in [-0.2, -0.15) is 4.37 Å². The quantitative estimate of drug-likeness (QED) is 0.306. The van der Waals surface area contributed by atoms with Gasteiger partial charge in [-0.15, -0.1) is 0 Å². The Bertz CT molecular complexity index is 1540. The van der Waals surface area contributed by atoms with Crippen LogP contribution in [0.15, 0.2) is 60.8 Å². The fourth-order valence-electron chi connectivity index (χ4n) is 4.52. The summed E-state index contributed by atoms with van der Waals surface area (Å²) in [6.45, 7) is 0.874. The van der Waals surface area contributed by atoms with Crippen LogP contribution in [0.25, 0.3) is 10.9 Å². The van der Waals surface area contributed by atoms with E-state index in [2.05, 4.69) is 14.7 Å². The van der Waals surface area contributed by atoms with E-state index in [1.807, 2.05) is 6.07 Å². The van der Waals surface area contributed by atoms with Crippen LogP contribution in [0.2, 0.25) is 0 Å². The molecule has 0 saturated carbocycles. The summed E-state index contributed by atoms with van der Waals surface area (Å²) in [6, 6.07) is 12.8. The number of nitrogen functional groups attached to an aromatic ring is 1. The van der Waals surface area contributed by atoms with Crippen molar-refractivity contribution in [1.82, 2.24) is 14.7 Å². The Hall–Kier alpha value is -4.42. The Morgan fingerprint density at radius 2 is 1.97 bits per heavy atom. The average molecular weight is 549 g/mol. The van der Waals surface area contributed by atoms with E-state index >= 15 is 0 Å². The number of hydrogen-bond donors (Lipinski definition) is 3. The molecule has 0 aliphatic carbocycles. The van der Waals surface area contributed by atoms with E-state index in [4.69, 9.17) is 16.2 Å². The summed E-state index contributed by atoms with van der Waals surface area (Å²) in [6.07, 6.45) is 3.22.